The van der Waals surface area contributed by atoms with Crippen molar-refractivity contribution in [2.45, 2.75) is 20.0 Å². The SMILES string of the molecule is COc1ccc2c(Oc3ccc(NC(=O)/C(C=O)=C(\C)N(CC(C)O)Nc4ccccc4)nc3)ccnc2c1. The molecule has 0 bridgehead atoms. The highest BCUT2D eigenvalue weighted by molar-refractivity contribution is 6.16. The van der Waals surface area contributed by atoms with E-state index in [1.807, 2.05) is 48.5 Å². The maximum Gasteiger partial charge on any atom is 0.261 e. The lowest BCUT2D eigenvalue weighted by Gasteiger charge is -2.29. The van der Waals surface area contributed by atoms with Crippen LogP contribution in [0, 0.1) is 0 Å². The molecule has 0 fully saturated rings. The lowest BCUT2D eigenvalue weighted by Crippen LogP contribution is -2.36. The molecule has 1 amide bonds. The van der Waals surface area contributed by atoms with Crippen LogP contribution in [0.5, 0.6) is 17.2 Å². The molecule has 0 aliphatic heterocycles. The average Bonchev–Trinajstić information content (AvgIpc) is 2.94. The smallest absolute Gasteiger partial charge is 0.261 e. The van der Waals surface area contributed by atoms with Crippen molar-refractivity contribution in [1.29, 1.82) is 0 Å². The van der Waals surface area contributed by atoms with Crippen molar-refractivity contribution < 1.29 is 24.2 Å². The van der Waals surface area contributed by atoms with Gasteiger partial charge < -0.3 is 19.9 Å². The van der Waals surface area contributed by atoms with Gasteiger partial charge in [0, 0.05) is 23.3 Å². The Morgan fingerprint density at radius 3 is 2.51 bits per heavy atom. The Bertz CT molecular complexity index is 1470. The zero-order chi connectivity index (χ0) is 27.8. The van der Waals surface area contributed by atoms with E-state index in [9.17, 15) is 14.7 Å². The first-order valence-electron chi connectivity index (χ1n) is 12.2. The number of nitrogens with one attached hydrogen (secondary N) is 2. The van der Waals surface area contributed by atoms with Crippen LogP contribution in [0.15, 0.2) is 90.4 Å². The maximum atomic E-state index is 13.0. The normalized spacial score (nSPS) is 12.2. The Morgan fingerprint density at radius 1 is 1.08 bits per heavy atom. The number of pyridine rings is 2. The number of ether oxygens (including phenoxy) is 2. The molecule has 10 heteroatoms. The fourth-order valence-electron chi connectivity index (χ4n) is 3.79. The first kappa shape index (κ1) is 27.1. The number of amides is 1. The van der Waals surface area contributed by atoms with Gasteiger partial charge in [-0.3, -0.25) is 25.0 Å². The number of nitrogens with zero attached hydrogens (tertiary/aromatic N) is 3. The average molecular weight is 528 g/mol. The molecule has 3 N–H and O–H groups in total. The number of carbonyl (C=O) groups excluding carboxylic acids is 2. The number of methoxy groups -OCH3 is 1. The van der Waals surface area contributed by atoms with Crippen molar-refractivity contribution in [3.05, 3.63) is 90.4 Å². The summed E-state index contributed by atoms with van der Waals surface area (Å²) in [5.74, 6) is 1.34. The first-order chi connectivity index (χ1) is 18.9. The van der Waals surface area contributed by atoms with Crippen LogP contribution in [-0.4, -0.2) is 52.0 Å². The lowest BCUT2D eigenvalue weighted by atomic mass is 10.2. The second-order valence-corrected chi connectivity index (χ2v) is 8.68. The molecule has 0 saturated carbocycles. The second-order valence-electron chi connectivity index (χ2n) is 8.68. The number of anilines is 2. The first-order valence-corrected chi connectivity index (χ1v) is 12.2. The molecule has 0 aliphatic rings. The Hall–Kier alpha value is -4.96. The number of benzene rings is 2. The largest absolute Gasteiger partial charge is 0.497 e. The zero-order valence-corrected chi connectivity index (χ0v) is 21.8. The Balaban J connectivity index is 1.49. The predicted octanol–water partition coefficient (Wildman–Crippen LogP) is 4.55. The van der Waals surface area contributed by atoms with Crippen LogP contribution in [0.2, 0.25) is 0 Å². The number of para-hydroxylation sites is 1. The maximum absolute atomic E-state index is 13.0. The van der Waals surface area contributed by atoms with Gasteiger partial charge in [-0.1, -0.05) is 18.2 Å². The van der Waals surface area contributed by atoms with Gasteiger partial charge in [-0.05, 0) is 56.3 Å². The molecule has 4 aromatic rings. The zero-order valence-electron chi connectivity index (χ0n) is 21.8. The quantitative estimate of drug-likeness (QED) is 0.0846. The molecular formula is C29H29N5O5. The number of rotatable bonds is 11. The molecule has 0 aliphatic carbocycles. The van der Waals surface area contributed by atoms with Crippen LogP contribution < -0.4 is 20.2 Å². The van der Waals surface area contributed by atoms with Gasteiger partial charge in [-0.15, -0.1) is 0 Å². The number of hydrazine groups is 1. The van der Waals surface area contributed by atoms with Crippen molar-refractivity contribution in [2.75, 3.05) is 24.4 Å². The van der Waals surface area contributed by atoms with E-state index >= 15 is 0 Å². The van der Waals surface area contributed by atoms with E-state index in [4.69, 9.17) is 9.47 Å². The highest BCUT2D eigenvalue weighted by Crippen LogP contribution is 2.30. The molecule has 2 heterocycles. The predicted molar refractivity (Wildman–Crippen MR) is 148 cm³/mol. The molecular weight excluding hydrogens is 498 g/mol. The van der Waals surface area contributed by atoms with E-state index in [0.29, 0.717) is 29.2 Å². The molecule has 1 atom stereocenters. The van der Waals surface area contributed by atoms with Gasteiger partial charge in [-0.2, -0.15) is 0 Å². The summed E-state index contributed by atoms with van der Waals surface area (Å²) < 4.78 is 11.3. The minimum Gasteiger partial charge on any atom is -0.497 e. The van der Waals surface area contributed by atoms with Gasteiger partial charge in [0.1, 0.15) is 28.6 Å². The van der Waals surface area contributed by atoms with Gasteiger partial charge in [0.15, 0.2) is 6.29 Å². The molecule has 0 radical (unpaired) electrons. The number of fused-ring (bicyclic) bond motifs is 1. The number of aldehydes is 1. The summed E-state index contributed by atoms with van der Waals surface area (Å²) in [4.78, 5) is 33.5. The Kier molecular flexibility index (Phi) is 8.70. The molecule has 2 aromatic carbocycles. The van der Waals surface area contributed by atoms with E-state index < -0.39 is 12.0 Å². The fraction of sp³-hybridized carbons (Fsp3) is 0.172. The minimum absolute atomic E-state index is 0.111. The molecule has 0 saturated heterocycles. The highest BCUT2D eigenvalue weighted by Gasteiger charge is 2.19. The van der Waals surface area contributed by atoms with E-state index in [1.165, 1.54) is 6.20 Å². The number of hydrogen-bond donors (Lipinski definition) is 3. The van der Waals surface area contributed by atoms with Crippen LogP contribution in [-0.2, 0) is 9.59 Å². The summed E-state index contributed by atoms with van der Waals surface area (Å²) in [5, 5.41) is 15.0. The van der Waals surface area contributed by atoms with E-state index in [1.54, 1.807) is 50.4 Å². The standard InChI is InChI=1S/C29H29N5O5/c1-19(36)17-34(33-21-7-5-4-6-8-21)20(2)25(18-35)29(37)32-28-12-10-23(16-31-28)39-27-13-14-30-26-15-22(38-3)9-11-24(26)27/h4-16,18-19,33,36H,17H2,1-3H3,(H,31,32,37)/b25-20+. The van der Waals surface area contributed by atoms with Crippen molar-refractivity contribution >= 4 is 34.6 Å². The van der Waals surface area contributed by atoms with Gasteiger partial charge in [0.25, 0.3) is 5.91 Å². The Labute approximate surface area is 225 Å². The number of aromatic nitrogens is 2. The minimum atomic E-state index is -0.721. The third kappa shape index (κ3) is 6.88. The van der Waals surface area contributed by atoms with Crippen molar-refractivity contribution in [3.8, 4) is 17.2 Å². The summed E-state index contributed by atoms with van der Waals surface area (Å²) in [6, 6.07) is 19.7. The molecule has 0 spiro atoms. The van der Waals surface area contributed by atoms with Gasteiger partial charge in [-0.25, -0.2) is 4.98 Å². The van der Waals surface area contributed by atoms with Gasteiger partial charge in [0.05, 0.1) is 37.2 Å². The number of hydrogen-bond acceptors (Lipinski definition) is 9. The summed E-state index contributed by atoms with van der Waals surface area (Å²) >= 11 is 0. The third-order valence-electron chi connectivity index (χ3n) is 5.76. The fourth-order valence-corrected chi connectivity index (χ4v) is 3.79. The summed E-state index contributed by atoms with van der Waals surface area (Å²) in [7, 11) is 1.59. The monoisotopic (exact) mass is 527 g/mol. The van der Waals surface area contributed by atoms with Crippen molar-refractivity contribution in [3.63, 3.8) is 0 Å². The van der Waals surface area contributed by atoms with E-state index in [0.717, 1.165) is 16.6 Å². The summed E-state index contributed by atoms with van der Waals surface area (Å²) in [5.41, 5.74) is 4.81. The van der Waals surface area contributed by atoms with Crippen LogP contribution in [0.3, 0.4) is 0 Å². The van der Waals surface area contributed by atoms with E-state index in [2.05, 4.69) is 20.7 Å². The van der Waals surface area contributed by atoms with E-state index in [-0.39, 0.29) is 17.9 Å². The number of allylic oxidation sites excluding steroid dienone is 1. The summed E-state index contributed by atoms with van der Waals surface area (Å²) in [6.07, 6.45) is 2.87. The second kappa shape index (κ2) is 12.5. The number of aliphatic hydroxyl groups excluding tert-OH is 1. The molecule has 10 nitrogen and oxygen atoms in total. The van der Waals surface area contributed by atoms with Gasteiger partial charge >= 0.3 is 0 Å². The lowest BCUT2D eigenvalue weighted by molar-refractivity contribution is -0.115. The molecule has 2 aromatic heterocycles. The van der Waals surface area contributed by atoms with Crippen LogP contribution in [0.1, 0.15) is 13.8 Å². The van der Waals surface area contributed by atoms with Crippen molar-refractivity contribution in [2.24, 2.45) is 0 Å². The van der Waals surface area contributed by atoms with Crippen LogP contribution >= 0.6 is 0 Å². The van der Waals surface area contributed by atoms with Crippen LogP contribution in [0.25, 0.3) is 10.9 Å². The summed E-state index contributed by atoms with van der Waals surface area (Å²) in [6.45, 7) is 3.39. The number of aliphatic hydroxyl groups is 1. The molecule has 1 unspecified atom stereocenters. The Morgan fingerprint density at radius 2 is 1.85 bits per heavy atom. The molecule has 200 valence electrons. The number of carbonyl (C=O) groups is 2. The van der Waals surface area contributed by atoms with Gasteiger partial charge in [0.2, 0.25) is 0 Å². The van der Waals surface area contributed by atoms with Crippen LogP contribution in [0.4, 0.5) is 11.5 Å². The molecule has 39 heavy (non-hydrogen) atoms. The topological polar surface area (TPSA) is 126 Å². The third-order valence-corrected chi connectivity index (χ3v) is 5.76. The highest BCUT2D eigenvalue weighted by atomic mass is 16.5. The molecule has 4 rings (SSSR count). The van der Waals surface area contributed by atoms with Crippen molar-refractivity contribution in [1.82, 2.24) is 15.0 Å².